The number of alkyl halides is 2. The van der Waals surface area contributed by atoms with Gasteiger partial charge in [0.2, 0.25) is 5.92 Å². The van der Waals surface area contributed by atoms with Crippen molar-refractivity contribution in [1.82, 2.24) is 0 Å². The van der Waals surface area contributed by atoms with Crippen molar-refractivity contribution < 1.29 is 13.5 Å². The molecule has 0 saturated heterocycles. The molecule has 2 N–H and O–H groups in total. The molecular formula is C12H14BrF2NO. The highest BCUT2D eigenvalue weighted by Crippen LogP contribution is 2.36. The van der Waals surface area contributed by atoms with Crippen molar-refractivity contribution in [2.75, 3.05) is 5.73 Å². The topological polar surface area (TPSA) is 35.2 Å². The lowest BCUT2D eigenvalue weighted by molar-refractivity contribution is -0.0583. The molecule has 5 heteroatoms. The quantitative estimate of drug-likeness (QED) is 0.839. The number of anilines is 1. The third kappa shape index (κ3) is 3.31. The van der Waals surface area contributed by atoms with Gasteiger partial charge >= 0.3 is 0 Å². The molecule has 0 atom stereocenters. The number of halogens is 3. The summed E-state index contributed by atoms with van der Waals surface area (Å²) < 4.78 is 32.4. The van der Waals surface area contributed by atoms with Crippen LogP contribution in [0.25, 0.3) is 0 Å². The minimum atomic E-state index is -2.52. The lowest BCUT2D eigenvalue weighted by Crippen LogP contribution is -2.30. The molecular weight excluding hydrogens is 292 g/mol. The molecule has 0 heterocycles. The van der Waals surface area contributed by atoms with E-state index in [0.29, 0.717) is 24.3 Å². The first-order valence-corrected chi connectivity index (χ1v) is 6.35. The highest BCUT2D eigenvalue weighted by Gasteiger charge is 2.35. The van der Waals surface area contributed by atoms with E-state index < -0.39 is 5.92 Å². The van der Waals surface area contributed by atoms with Gasteiger partial charge in [0.05, 0.1) is 10.6 Å². The van der Waals surface area contributed by atoms with Crippen LogP contribution < -0.4 is 10.5 Å². The van der Waals surface area contributed by atoms with Gasteiger partial charge in [-0.2, -0.15) is 0 Å². The van der Waals surface area contributed by atoms with Gasteiger partial charge < -0.3 is 10.5 Å². The van der Waals surface area contributed by atoms with Gasteiger partial charge in [-0.3, -0.25) is 0 Å². The second-order valence-electron chi connectivity index (χ2n) is 4.36. The SMILES string of the molecule is Nc1ccc(OC2CCC(F)(F)CC2)c(Br)c1. The lowest BCUT2D eigenvalue weighted by atomic mass is 9.94. The maximum absolute atomic E-state index is 13.0. The van der Waals surface area contributed by atoms with E-state index in [2.05, 4.69) is 15.9 Å². The molecule has 94 valence electrons. The van der Waals surface area contributed by atoms with Crippen molar-refractivity contribution in [2.24, 2.45) is 0 Å². The van der Waals surface area contributed by atoms with Crippen molar-refractivity contribution in [3.05, 3.63) is 22.7 Å². The Morgan fingerprint density at radius 3 is 2.53 bits per heavy atom. The summed E-state index contributed by atoms with van der Waals surface area (Å²) in [4.78, 5) is 0. The number of ether oxygens (including phenoxy) is 1. The smallest absolute Gasteiger partial charge is 0.248 e. The number of hydrogen-bond acceptors (Lipinski definition) is 2. The van der Waals surface area contributed by atoms with E-state index in [1.54, 1.807) is 18.2 Å². The molecule has 1 aromatic rings. The Balaban J connectivity index is 1.98. The molecule has 0 amide bonds. The first kappa shape index (κ1) is 12.6. The molecule has 17 heavy (non-hydrogen) atoms. The first-order chi connectivity index (χ1) is 7.96. The van der Waals surface area contributed by atoms with Crippen LogP contribution in [-0.4, -0.2) is 12.0 Å². The minimum absolute atomic E-state index is 0.0930. The average Bonchev–Trinajstić information content (AvgIpc) is 2.25. The molecule has 1 aromatic carbocycles. The Morgan fingerprint density at radius 2 is 1.94 bits per heavy atom. The van der Waals surface area contributed by atoms with Crippen LogP contribution in [0.3, 0.4) is 0 Å². The fraction of sp³-hybridized carbons (Fsp3) is 0.500. The molecule has 1 fully saturated rings. The van der Waals surface area contributed by atoms with Gasteiger partial charge in [0, 0.05) is 18.5 Å². The molecule has 0 spiro atoms. The van der Waals surface area contributed by atoms with E-state index >= 15 is 0 Å². The summed E-state index contributed by atoms with van der Waals surface area (Å²) in [6.07, 6.45) is 0.469. The summed E-state index contributed by atoms with van der Waals surface area (Å²) in [5.41, 5.74) is 6.25. The zero-order valence-electron chi connectivity index (χ0n) is 9.26. The zero-order valence-corrected chi connectivity index (χ0v) is 10.8. The fourth-order valence-corrected chi connectivity index (χ4v) is 2.41. The Bertz CT molecular complexity index is 401. The average molecular weight is 306 g/mol. The number of benzene rings is 1. The second kappa shape index (κ2) is 4.80. The number of rotatable bonds is 2. The largest absolute Gasteiger partial charge is 0.489 e. The van der Waals surface area contributed by atoms with Gasteiger partial charge in [-0.15, -0.1) is 0 Å². The summed E-state index contributed by atoms with van der Waals surface area (Å²) in [7, 11) is 0. The van der Waals surface area contributed by atoms with Gasteiger partial charge in [0.1, 0.15) is 5.75 Å². The minimum Gasteiger partial charge on any atom is -0.489 e. The van der Waals surface area contributed by atoms with Gasteiger partial charge in [-0.05, 0) is 47.0 Å². The second-order valence-corrected chi connectivity index (χ2v) is 5.22. The zero-order chi connectivity index (χ0) is 12.5. The molecule has 0 aliphatic heterocycles. The monoisotopic (exact) mass is 305 g/mol. The van der Waals surface area contributed by atoms with Crippen molar-refractivity contribution in [1.29, 1.82) is 0 Å². The summed E-state index contributed by atoms with van der Waals surface area (Å²) in [6.45, 7) is 0. The van der Waals surface area contributed by atoms with E-state index in [4.69, 9.17) is 10.5 Å². The molecule has 1 aliphatic carbocycles. The maximum Gasteiger partial charge on any atom is 0.248 e. The summed E-state index contributed by atoms with van der Waals surface area (Å²) in [5, 5.41) is 0. The van der Waals surface area contributed by atoms with Gasteiger partial charge in [-0.25, -0.2) is 8.78 Å². The van der Waals surface area contributed by atoms with E-state index in [1.165, 1.54) is 0 Å². The standard InChI is InChI=1S/C12H14BrF2NO/c13-10-7-8(16)1-2-11(10)17-9-3-5-12(14,15)6-4-9/h1-2,7,9H,3-6,16H2. The third-order valence-electron chi connectivity index (χ3n) is 2.91. The van der Waals surface area contributed by atoms with Crippen molar-refractivity contribution in [2.45, 2.75) is 37.7 Å². The number of nitrogens with two attached hydrogens (primary N) is 1. The lowest BCUT2D eigenvalue weighted by Gasteiger charge is -2.29. The summed E-state index contributed by atoms with van der Waals surface area (Å²) >= 11 is 3.34. The van der Waals surface area contributed by atoms with E-state index in [9.17, 15) is 8.78 Å². The molecule has 0 bridgehead atoms. The van der Waals surface area contributed by atoms with Crippen LogP contribution in [0.1, 0.15) is 25.7 Å². The molecule has 0 aromatic heterocycles. The molecule has 2 rings (SSSR count). The van der Waals surface area contributed by atoms with Crippen molar-refractivity contribution >= 4 is 21.6 Å². The summed E-state index contributed by atoms with van der Waals surface area (Å²) in [6, 6.07) is 5.23. The van der Waals surface area contributed by atoms with E-state index in [1.807, 2.05) is 0 Å². The molecule has 1 aliphatic rings. The van der Waals surface area contributed by atoms with Crippen LogP contribution in [-0.2, 0) is 0 Å². The van der Waals surface area contributed by atoms with Crippen molar-refractivity contribution in [3.8, 4) is 5.75 Å². The Labute approximate surface area is 107 Å². The van der Waals surface area contributed by atoms with Crippen LogP contribution in [0.4, 0.5) is 14.5 Å². The van der Waals surface area contributed by atoms with Crippen molar-refractivity contribution in [3.63, 3.8) is 0 Å². The normalized spacial score (nSPS) is 20.2. The Morgan fingerprint density at radius 1 is 1.29 bits per heavy atom. The molecule has 2 nitrogen and oxygen atoms in total. The molecule has 0 radical (unpaired) electrons. The van der Waals surface area contributed by atoms with Gasteiger partial charge in [-0.1, -0.05) is 0 Å². The number of nitrogen functional groups attached to an aromatic ring is 1. The van der Waals surface area contributed by atoms with Crippen LogP contribution >= 0.6 is 15.9 Å². The van der Waals surface area contributed by atoms with Crippen LogP contribution in [0, 0.1) is 0 Å². The maximum atomic E-state index is 13.0. The highest BCUT2D eigenvalue weighted by atomic mass is 79.9. The number of hydrogen-bond donors (Lipinski definition) is 1. The Kier molecular flexibility index (Phi) is 3.56. The van der Waals surface area contributed by atoms with Gasteiger partial charge in [0.25, 0.3) is 0 Å². The molecule has 0 unspecified atom stereocenters. The van der Waals surface area contributed by atoms with E-state index in [-0.39, 0.29) is 18.9 Å². The predicted molar refractivity (Wildman–Crippen MR) is 66.4 cm³/mol. The van der Waals surface area contributed by atoms with Crippen LogP contribution in [0.5, 0.6) is 5.75 Å². The first-order valence-electron chi connectivity index (χ1n) is 5.56. The third-order valence-corrected chi connectivity index (χ3v) is 3.53. The highest BCUT2D eigenvalue weighted by molar-refractivity contribution is 9.10. The van der Waals surface area contributed by atoms with E-state index in [0.717, 1.165) is 4.47 Å². The van der Waals surface area contributed by atoms with Gasteiger partial charge in [0.15, 0.2) is 0 Å². The Hall–Kier alpha value is -0.840. The summed E-state index contributed by atoms with van der Waals surface area (Å²) in [5.74, 6) is -1.85. The fourth-order valence-electron chi connectivity index (χ4n) is 1.92. The van der Waals surface area contributed by atoms with Crippen LogP contribution in [0.15, 0.2) is 22.7 Å². The molecule has 1 saturated carbocycles. The predicted octanol–water partition coefficient (Wildman–Crippen LogP) is 3.99. The van der Waals surface area contributed by atoms with Crippen LogP contribution in [0.2, 0.25) is 0 Å².